The smallest absolute Gasteiger partial charge is 0.237 e. The molecule has 0 radical (unpaired) electrons. The molecule has 1 saturated carbocycles. The van der Waals surface area contributed by atoms with E-state index in [2.05, 4.69) is 31.1 Å². The lowest BCUT2D eigenvalue weighted by atomic mass is 9.85. The Hall–Kier alpha value is -0.610. The van der Waals surface area contributed by atoms with Crippen LogP contribution < -0.4 is 11.1 Å². The van der Waals surface area contributed by atoms with Gasteiger partial charge in [-0.3, -0.25) is 4.79 Å². The van der Waals surface area contributed by atoms with E-state index in [9.17, 15) is 4.79 Å². The Morgan fingerprint density at radius 2 is 2.05 bits per heavy atom. The van der Waals surface area contributed by atoms with E-state index in [0.29, 0.717) is 6.04 Å². The van der Waals surface area contributed by atoms with Gasteiger partial charge in [0.15, 0.2) is 0 Å². The summed E-state index contributed by atoms with van der Waals surface area (Å²) >= 11 is 0. The Morgan fingerprint density at radius 3 is 2.62 bits per heavy atom. The fourth-order valence-corrected chi connectivity index (χ4v) is 3.50. The van der Waals surface area contributed by atoms with Crippen LogP contribution in [0.3, 0.4) is 0 Å². The molecule has 1 rings (SSSR count). The molecule has 0 saturated heterocycles. The summed E-state index contributed by atoms with van der Waals surface area (Å²) in [6.07, 6.45) is 8.25. The maximum atomic E-state index is 11.7. The van der Waals surface area contributed by atoms with Gasteiger partial charge < -0.3 is 16.0 Å². The predicted octanol–water partition coefficient (Wildman–Crippen LogP) is 2.52. The molecule has 4 heteroatoms. The minimum absolute atomic E-state index is 0.232. The summed E-state index contributed by atoms with van der Waals surface area (Å²) in [5, 5.41) is 3.31. The fourth-order valence-electron chi connectivity index (χ4n) is 3.50. The van der Waals surface area contributed by atoms with E-state index in [-0.39, 0.29) is 5.91 Å². The molecule has 0 aliphatic heterocycles. The lowest BCUT2D eigenvalue weighted by Gasteiger charge is -2.37. The van der Waals surface area contributed by atoms with Crippen molar-refractivity contribution in [2.24, 2.45) is 11.7 Å². The van der Waals surface area contributed by atoms with Crippen molar-refractivity contribution in [3.05, 3.63) is 0 Å². The summed E-state index contributed by atoms with van der Waals surface area (Å²) in [5.74, 6) is 0.564. The molecule has 1 aliphatic rings. The molecule has 3 atom stereocenters. The number of rotatable bonds is 9. The van der Waals surface area contributed by atoms with Crippen molar-refractivity contribution < 1.29 is 4.79 Å². The van der Waals surface area contributed by atoms with E-state index >= 15 is 0 Å². The zero-order chi connectivity index (χ0) is 15.9. The monoisotopic (exact) mass is 297 g/mol. The van der Waals surface area contributed by atoms with Crippen molar-refractivity contribution in [1.82, 2.24) is 10.2 Å². The van der Waals surface area contributed by atoms with Crippen LogP contribution in [0.1, 0.15) is 65.7 Å². The van der Waals surface area contributed by atoms with Crippen LogP contribution in [-0.4, -0.2) is 42.5 Å². The number of carbonyl (C=O) groups excluding carboxylic acids is 1. The van der Waals surface area contributed by atoms with Gasteiger partial charge in [-0.15, -0.1) is 0 Å². The summed E-state index contributed by atoms with van der Waals surface area (Å²) < 4.78 is 0. The molecule has 3 N–H and O–H groups in total. The standard InChI is InChI=1S/C17H35N3O/c1-5-12-19-17(3,16(18)21)11-8-13-20(4)15-10-7-6-9-14(15)2/h14-15,19H,5-13H2,1-4H3,(H2,18,21). The minimum atomic E-state index is -0.560. The second-order valence-electron chi connectivity index (χ2n) is 7.04. The molecule has 1 fully saturated rings. The van der Waals surface area contributed by atoms with E-state index in [1.807, 2.05) is 6.92 Å². The van der Waals surface area contributed by atoms with Crippen LogP contribution in [0, 0.1) is 5.92 Å². The molecule has 0 heterocycles. The quantitative estimate of drug-likeness (QED) is 0.687. The molecule has 0 bridgehead atoms. The average molecular weight is 297 g/mol. The van der Waals surface area contributed by atoms with Gasteiger partial charge in [0.05, 0.1) is 5.54 Å². The first-order chi connectivity index (χ1) is 9.90. The SMILES string of the molecule is CCCNC(C)(CCCN(C)C1CCCCC1C)C(N)=O. The fraction of sp³-hybridized carbons (Fsp3) is 0.941. The number of nitrogens with one attached hydrogen (secondary N) is 1. The Bertz CT molecular complexity index is 321. The number of hydrogen-bond acceptors (Lipinski definition) is 3. The molecular weight excluding hydrogens is 262 g/mol. The normalized spacial score (nSPS) is 25.8. The lowest BCUT2D eigenvalue weighted by Crippen LogP contribution is -2.53. The molecule has 124 valence electrons. The number of hydrogen-bond donors (Lipinski definition) is 2. The van der Waals surface area contributed by atoms with Gasteiger partial charge in [-0.25, -0.2) is 0 Å². The molecule has 3 unspecified atom stereocenters. The third-order valence-corrected chi connectivity index (χ3v) is 5.13. The highest BCUT2D eigenvalue weighted by atomic mass is 16.1. The van der Waals surface area contributed by atoms with E-state index in [1.165, 1.54) is 25.7 Å². The Labute approximate surface area is 130 Å². The first kappa shape index (κ1) is 18.4. The van der Waals surface area contributed by atoms with Gasteiger partial charge >= 0.3 is 0 Å². The van der Waals surface area contributed by atoms with Crippen molar-refractivity contribution >= 4 is 5.91 Å². The van der Waals surface area contributed by atoms with Crippen LogP contribution >= 0.6 is 0 Å². The van der Waals surface area contributed by atoms with Crippen LogP contribution in [0.2, 0.25) is 0 Å². The highest BCUT2D eigenvalue weighted by Gasteiger charge is 2.30. The molecule has 0 aromatic rings. The summed E-state index contributed by atoms with van der Waals surface area (Å²) in [6.45, 7) is 8.30. The van der Waals surface area contributed by atoms with Gasteiger partial charge in [0.25, 0.3) is 0 Å². The number of primary amides is 1. The number of nitrogens with two attached hydrogens (primary N) is 1. The largest absolute Gasteiger partial charge is 0.368 e. The van der Waals surface area contributed by atoms with Crippen LogP contribution in [-0.2, 0) is 4.79 Å². The molecule has 0 aromatic carbocycles. The minimum Gasteiger partial charge on any atom is -0.368 e. The van der Waals surface area contributed by atoms with Crippen molar-refractivity contribution in [1.29, 1.82) is 0 Å². The molecular formula is C17H35N3O. The summed E-state index contributed by atoms with van der Waals surface area (Å²) in [5.41, 5.74) is 5.02. The van der Waals surface area contributed by atoms with E-state index in [0.717, 1.165) is 38.3 Å². The average Bonchev–Trinajstić information content (AvgIpc) is 2.45. The first-order valence-electron chi connectivity index (χ1n) is 8.66. The van der Waals surface area contributed by atoms with E-state index in [4.69, 9.17) is 5.73 Å². The number of amides is 1. The van der Waals surface area contributed by atoms with Crippen molar-refractivity contribution in [3.63, 3.8) is 0 Å². The molecule has 21 heavy (non-hydrogen) atoms. The van der Waals surface area contributed by atoms with Gasteiger partial charge in [-0.2, -0.15) is 0 Å². The second-order valence-corrected chi connectivity index (χ2v) is 7.04. The Balaban J connectivity index is 2.40. The molecule has 0 aromatic heterocycles. The van der Waals surface area contributed by atoms with Gasteiger partial charge in [0.2, 0.25) is 5.91 Å². The second kappa shape index (κ2) is 8.74. The molecule has 1 amide bonds. The predicted molar refractivity (Wildman–Crippen MR) is 89.2 cm³/mol. The van der Waals surface area contributed by atoms with Gasteiger partial charge in [0.1, 0.15) is 0 Å². The molecule has 1 aliphatic carbocycles. The Morgan fingerprint density at radius 1 is 1.38 bits per heavy atom. The van der Waals surface area contributed by atoms with E-state index < -0.39 is 5.54 Å². The molecule has 0 spiro atoms. The third kappa shape index (κ3) is 5.59. The number of carbonyl (C=O) groups is 1. The maximum absolute atomic E-state index is 11.7. The first-order valence-corrected chi connectivity index (χ1v) is 8.66. The van der Waals surface area contributed by atoms with Crippen LogP contribution in [0.4, 0.5) is 0 Å². The highest BCUT2D eigenvalue weighted by molar-refractivity contribution is 5.84. The molecule has 4 nitrogen and oxygen atoms in total. The zero-order valence-corrected chi connectivity index (χ0v) is 14.5. The Kier molecular flexibility index (Phi) is 7.67. The van der Waals surface area contributed by atoms with Crippen molar-refractivity contribution in [2.75, 3.05) is 20.1 Å². The number of nitrogens with zero attached hydrogens (tertiary/aromatic N) is 1. The maximum Gasteiger partial charge on any atom is 0.237 e. The summed E-state index contributed by atoms with van der Waals surface area (Å²) in [7, 11) is 2.23. The summed E-state index contributed by atoms with van der Waals surface area (Å²) in [6, 6.07) is 0.710. The van der Waals surface area contributed by atoms with Gasteiger partial charge in [-0.05, 0) is 65.1 Å². The van der Waals surface area contributed by atoms with Crippen molar-refractivity contribution in [3.8, 4) is 0 Å². The van der Waals surface area contributed by atoms with Crippen LogP contribution in [0.25, 0.3) is 0 Å². The lowest BCUT2D eigenvalue weighted by molar-refractivity contribution is -0.124. The van der Waals surface area contributed by atoms with E-state index in [1.54, 1.807) is 0 Å². The van der Waals surface area contributed by atoms with Crippen LogP contribution in [0.5, 0.6) is 0 Å². The highest BCUT2D eigenvalue weighted by Crippen LogP contribution is 2.27. The topological polar surface area (TPSA) is 58.4 Å². The van der Waals surface area contributed by atoms with Crippen molar-refractivity contribution in [2.45, 2.75) is 77.3 Å². The summed E-state index contributed by atoms with van der Waals surface area (Å²) in [4.78, 5) is 14.2. The van der Waals surface area contributed by atoms with Gasteiger partial charge in [0, 0.05) is 6.04 Å². The third-order valence-electron chi connectivity index (χ3n) is 5.13. The zero-order valence-electron chi connectivity index (χ0n) is 14.5. The van der Waals surface area contributed by atoms with Gasteiger partial charge in [-0.1, -0.05) is 26.7 Å². The van der Waals surface area contributed by atoms with Crippen LogP contribution in [0.15, 0.2) is 0 Å².